The van der Waals surface area contributed by atoms with Crippen LogP contribution >= 0.6 is 0 Å². The van der Waals surface area contributed by atoms with E-state index in [-0.39, 0.29) is 23.0 Å². The predicted octanol–water partition coefficient (Wildman–Crippen LogP) is 4.93. The number of hydrogen-bond acceptors (Lipinski definition) is 2. The zero-order valence-electron chi connectivity index (χ0n) is 19.8. The summed E-state index contributed by atoms with van der Waals surface area (Å²) in [7, 11) is -2.78. The SMILES string of the molecule is CC(C)(C)[Si](O[C@@H](c1ccccc1)[C@@H]1C(=O)N2CCC[C@H]12)(c1ccccc1)c1ccccc1. The molecule has 2 saturated heterocycles. The van der Waals surface area contributed by atoms with Crippen molar-refractivity contribution >= 4 is 24.6 Å². The summed E-state index contributed by atoms with van der Waals surface area (Å²) in [5.74, 6) is 0.140. The highest BCUT2D eigenvalue weighted by Crippen LogP contribution is 2.48. The summed E-state index contributed by atoms with van der Waals surface area (Å²) < 4.78 is 7.53. The number of β-lactam (4-membered cyclic amide) rings is 1. The largest absolute Gasteiger partial charge is 0.400 e. The van der Waals surface area contributed by atoms with Gasteiger partial charge >= 0.3 is 0 Å². The summed E-state index contributed by atoms with van der Waals surface area (Å²) in [6.45, 7) is 7.78. The molecule has 0 aliphatic carbocycles. The second kappa shape index (κ2) is 8.58. The molecule has 2 aliphatic rings. The summed E-state index contributed by atoms with van der Waals surface area (Å²) in [5, 5.41) is 2.37. The fourth-order valence-electron chi connectivity index (χ4n) is 5.92. The molecule has 2 fully saturated rings. The van der Waals surface area contributed by atoms with Crippen molar-refractivity contribution in [3.05, 3.63) is 96.6 Å². The molecule has 0 bridgehead atoms. The van der Waals surface area contributed by atoms with Gasteiger partial charge in [0.05, 0.1) is 12.0 Å². The highest BCUT2D eigenvalue weighted by molar-refractivity contribution is 6.99. The maximum atomic E-state index is 13.3. The molecule has 0 aromatic heterocycles. The third-order valence-electron chi connectivity index (χ3n) is 7.46. The zero-order chi connectivity index (χ0) is 23.1. The number of fused-ring (bicyclic) bond motifs is 1. The molecule has 2 aliphatic heterocycles. The molecule has 5 rings (SSSR count). The van der Waals surface area contributed by atoms with Gasteiger partial charge in [-0.1, -0.05) is 112 Å². The van der Waals surface area contributed by atoms with E-state index in [0.29, 0.717) is 6.04 Å². The Kier molecular flexibility index (Phi) is 5.75. The molecule has 0 N–H and O–H groups in total. The molecular weight excluding hydrogens is 422 g/mol. The molecule has 3 atom stereocenters. The topological polar surface area (TPSA) is 29.5 Å². The molecule has 0 radical (unpaired) electrons. The number of hydrogen-bond donors (Lipinski definition) is 0. The van der Waals surface area contributed by atoms with Gasteiger partial charge in [-0.3, -0.25) is 4.79 Å². The van der Waals surface area contributed by atoms with Crippen LogP contribution in [0.5, 0.6) is 0 Å². The minimum Gasteiger partial charge on any atom is -0.400 e. The zero-order valence-corrected chi connectivity index (χ0v) is 20.8. The molecule has 4 heteroatoms. The van der Waals surface area contributed by atoms with Crippen LogP contribution in [0.2, 0.25) is 5.04 Å². The van der Waals surface area contributed by atoms with Crippen LogP contribution in [0, 0.1) is 5.92 Å². The van der Waals surface area contributed by atoms with Gasteiger partial charge in [0.15, 0.2) is 0 Å². The molecule has 0 spiro atoms. The standard InChI is InChI=1S/C29H33NO2Si/c1-29(2,3)33(23-16-9-5-10-17-23,24-18-11-6-12-19-24)32-27(22-14-7-4-8-15-22)26-25-20-13-21-30(25)28(26)31/h4-12,14-19,25-27H,13,20-21H2,1-3H3/t25-,26-,27+/m1/s1. The molecule has 0 saturated carbocycles. The van der Waals surface area contributed by atoms with Gasteiger partial charge in [-0.25, -0.2) is 0 Å². The Morgan fingerprint density at radius 1 is 0.848 bits per heavy atom. The van der Waals surface area contributed by atoms with Gasteiger partial charge in [-0.15, -0.1) is 0 Å². The second-order valence-electron chi connectivity index (χ2n) is 10.4. The second-order valence-corrected chi connectivity index (χ2v) is 14.6. The molecular formula is C29H33NO2Si. The summed E-state index contributed by atoms with van der Waals surface area (Å²) in [6, 6.07) is 32.2. The first-order valence-corrected chi connectivity index (χ1v) is 14.0. The van der Waals surface area contributed by atoms with Crippen LogP contribution in [0.4, 0.5) is 0 Å². The minimum absolute atomic E-state index is 0.114. The van der Waals surface area contributed by atoms with E-state index in [1.807, 2.05) is 6.07 Å². The van der Waals surface area contributed by atoms with Crippen molar-refractivity contribution in [2.75, 3.05) is 6.54 Å². The predicted molar refractivity (Wildman–Crippen MR) is 136 cm³/mol. The Morgan fingerprint density at radius 2 is 1.36 bits per heavy atom. The van der Waals surface area contributed by atoms with E-state index in [1.54, 1.807) is 0 Å². The van der Waals surface area contributed by atoms with Gasteiger partial charge in [-0.2, -0.15) is 0 Å². The Balaban J connectivity index is 1.69. The minimum atomic E-state index is -2.78. The molecule has 3 aromatic rings. The number of carbonyl (C=O) groups is 1. The van der Waals surface area contributed by atoms with Crippen LogP contribution in [0.1, 0.15) is 45.3 Å². The summed E-state index contributed by atoms with van der Waals surface area (Å²) in [4.78, 5) is 15.4. The monoisotopic (exact) mass is 455 g/mol. The van der Waals surface area contributed by atoms with Gasteiger partial charge in [0.25, 0.3) is 8.32 Å². The van der Waals surface area contributed by atoms with Gasteiger partial charge in [-0.05, 0) is 33.8 Å². The van der Waals surface area contributed by atoms with Crippen molar-refractivity contribution in [3.63, 3.8) is 0 Å². The maximum Gasteiger partial charge on any atom is 0.261 e. The van der Waals surface area contributed by atoms with Crippen LogP contribution in [0.3, 0.4) is 0 Å². The molecule has 2 heterocycles. The van der Waals surface area contributed by atoms with Crippen LogP contribution < -0.4 is 10.4 Å². The van der Waals surface area contributed by atoms with Gasteiger partial charge < -0.3 is 9.33 Å². The lowest BCUT2D eigenvalue weighted by Gasteiger charge is -2.51. The van der Waals surface area contributed by atoms with E-state index in [9.17, 15) is 4.79 Å². The van der Waals surface area contributed by atoms with E-state index in [0.717, 1.165) is 24.9 Å². The average Bonchev–Trinajstić information content (AvgIpc) is 3.27. The lowest BCUT2D eigenvalue weighted by atomic mass is 9.81. The van der Waals surface area contributed by atoms with Gasteiger partial charge in [0, 0.05) is 12.6 Å². The number of rotatable bonds is 6. The van der Waals surface area contributed by atoms with Crippen LogP contribution in [-0.2, 0) is 9.22 Å². The Labute approximate surface area is 198 Å². The van der Waals surface area contributed by atoms with E-state index in [1.165, 1.54) is 10.4 Å². The summed E-state index contributed by atoms with van der Waals surface area (Å²) >= 11 is 0. The number of benzene rings is 3. The number of amides is 1. The van der Waals surface area contributed by atoms with Crippen LogP contribution in [-0.4, -0.2) is 31.7 Å². The first-order valence-electron chi connectivity index (χ1n) is 12.1. The highest BCUT2D eigenvalue weighted by atomic mass is 28.4. The quantitative estimate of drug-likeness (QED) is 0.390. The van der Waals surface area contributed by atoms with Crippen molar-refractivity contribution in [1.82, 2.24) is 4.90 Å². The van der Waals surface area contributed by atoms with Crippen molar-refractivity contribution in [2.24, 2.45) is 5.92 Å². The molecule has 3 nitrogen and oxygen atoms in total. The first kappa shape index (κ1) is 22.1. The normalized spacial score (nSPS) is 21.4. The fraction of sp³-hybridized carbons (Fsp3) is 0.345. The lowest BCUT2D eigenvalue weighted by molar-refractivity contribution is -0.159. The molecule has 170 valence electrons. The third-order valence-corrected chi connectivity index (χ3v) is 12.5. The molecule has 0 unspecified atom stereocenters. The molecule has 1 amide bonds. The Morgan fingerprint density at radius 3 is 1.88 bits per heavy atom. The van der Waals surface area contributed by atoms with Crippen molar-refractivity contribution in [2.45, 2.75) is 50.8 Å². The van der Waals surface area contributed by atoms with E-state index in [4.69, 9.17) is 4.43 Å². The van der Waals surface area contributed by atoms with Crippen molar-refractivity contribution in [1.29, 1.82) is 0 Å². The van der Waals surface area contributed by atoms with Crippen molar-refractivity contribution in [3.8, 4) is 0 Å². The third kappa shape index (κ3) is 3.66. The van der Waals surface area contributed by atoms with E-state index >= 15 is 0 Å². The Bertz CT molecular complexity index is 1060. The lowest BCUT2D eigenvalue weighted by Crippen LogP contribution is -2.69. The molecule has 3 aromatic carbocycles. The number of nitrogens with zero attached hydrogens (tertiary/aromatic N) is 1. The van der Waals surface area contributed by atoms with E-state index in [2.05, 4.69) is 111 Å². The van der Waals surface area contributed by atoms with Gasteiger partial charge in [0.1, 0.15) is 0 Å². The Hall–Kier alpha value is -2.69. The van der Waals surface area contributed by atoms with Gasteiger partial charge in [0.2, 0.25) is 5.91 Å². The van der Waals surface area contributed by atoms with Crippen LogP contribution in [0.15, 0.2) is 91.0 Å². The molecule has 33 heavy (non-hydrogen) atoms. The fourth-order valence-corrected chi connectivity index (χ4v) is 10.6. The van der Waals surface area contributed by atoms with Crippen molar-refractivity contribution < 1.29 is 9.22 Å². The summed E-state index contributed by atoms with van der Waals surface area (Å²) in [6.07, 6.45) is 1.90. The number of carbonyl (C=O) groups excluding carboxylic acids is 1. The highest BCUT2D eigenvalue weighted by Gasteiger charge is 2.58. The smallest absolute Gasteiger partial charge is 0.261 e. The van der Waals surface area contributed by atoms with E-state index < -0.39 is 8.32 Å². The first-order chi connectivity index (χ1) is 15.9. The summed E-state index contributed by atoms with van der Waals surface area (Å²) in [5.41, 5.74) is 1.11. The van der Waals surface area contributed by atoms with Crippen LogP contribution in [0.25, 0.3) is 0 Å². The maximum absolute atomic E-state index is 13.3. The average molecular weight is 456 g/mol.